The van der Waals surface area contributed by atoms with Crippen LogP contribution in [0, 0.1) is 11.3 Å². The number of nitrogens with one attached hydrogen (secondary N) is 1. The number of aryl methyl sites for hydroxylation is 1. The molecule has 0 fully saturated rings. The normalized spacial score (nSPS) is 12.5. The molecule has 1 N–H and O–H groups in total. The molecule has 4 aromatic rings. The van der Waals surface area contributed by atoms with Gasteiger partial charge in [0.25, 0.3) is 0 Å². The number of esters is 1. The maximum Gasteiger partial charge on any atom is 0.341 e. The molecule has 0 aliphatic heterocycles. The minimum absolute atomic E-state index is 0.0590. The van der Waals surface area contributed by atoms with Crippen molar-refractivity contribution in [3.05, 3.63) is 62.0 Å². The van der Waals surface area contributed by atoms with Crippen LogP contribution >= 0.6 is 45.8 Å². The van der Waals surface area contributed by atoms with Crippen molar-refractivity contribution in [3.8, 4) is 27.8 Å². The number of fused-ring (bicyclic) bond motifs is 1. The van der Waals surface area contributed by atoms with Crippen molar-refractivity contribution in [2.45, 2.75) is 37.6 Å². The van der Waals surface area contributed by atoms with Crippen molar-refractivity contribution in [3.63, 3.8) is 0 Å². The van der Waals surface area contributed by atoms with Crippen LogP contribution in [0.25, 0.3) is 21.7 Å². The molecular weight excluding hydrogens is 543 g/mol. The molecule has 0 radical (unpaired) electrons. The highest BCUT2D eigenvalue weighted by atomic mass is 32.2. The van der Waals surface area contributed by atoms with E-state index in [9.17, 15) is 14.9 Å². The first-order valence-electron chi connectivity index (χ1n) is 11.8. The molecule has 10 heteroatoms. The quantitative estimate of drug-likeness (QED) is 0.179. The average molecular weight is 566 g/mol. The summed E-state index contributed by atoms with van der Waals surface area (Å²) >= 11 is 5.84. The van der Waals surface area contributed by atoms with E-state index >= 15 is 0 Å². The zero-order valence-corrected chi connectivity index (χ0v) is 23.3. The van der Waals surface area contributed by atoms with Crippen molar-refractivity contribution in [2.75, 3.05) is 17.7 Å². The number of hydrogen-bond donors (Lipinski definition) is 1. The number of nitrogens with zero attached hydrogens (tertiary/aromatic N) is 2. The average Bonchev–Trinajstić information content (AvgIpc) is 3.68. The fraction of sp³-hybridized carbons (Fsp3) is 0.259. The van der Waals surface area contributed by atoms with Crippen molar-refractivity contribution in [1.29, 1.82) is 5.26 Å². The van der Waals surface area contributed by atoms with Gasteiger partial charge < -0.3 is 10.1 Å². The fourth-order valence-electron chi connectivity index (χ4n) is 4.30. The fourth-order valence-corrected chi connectivity index (χ4v) is 7.74. The van der Waals surface area contributed by atoms with E-state index in [1.807, 2.05) is 40.4 Å². The molecule has 0 aromatic carbocycles. The van der Waals surface area contributed by atoms with E-state index in [1.165, 1.54) is 23.1 Å². The predicted molar refractivity (Wildman–Crippen MR) is 152 cm³/mol. The van der Waals surface area contributed by atoms with Crippen LogP contribution in [0.5, 0.6) is 0 Å². The van der Waals surface area contributed by atoms with E-state index in [-0.39, 0.29) is 24.2 Å². The maximum absolute atomic E-state index is 13.1. The molecule has 0 saturated heterocycles. The number of anilines is 1. The first-order valence-corrected chi connectivity index (χ1v) is 15.5. The third-order valence-electron chi connectivity index (χ3n) is 5.95. The first kappa shape index (κ1) is 25.7. The van der Waals surface area contributed by atoms with E-state index < -0.39 is 0 Å². The van der Waals surface area contributed by atoms with Gasteiger partial charge in [0, 0.05) is 10.4 Å². The van der Waals surface area contributed by atoms with Crippen molar-refractivity contribution in [2.24, 2.45) is 0 Å². The molecule has 5 rings (SSSR count). The minimum atomic E-state index is -0.387. The Morgan fingerprint density at radius 1 is 1.24 bits per heavy atom. The SMILES string of the molecule is CCOC(=O)c1c(NC(=O)CSc2nc(-c3cccs3)cc(-c3ccsc3)c2C#N)sc2c1CCCC2. The van der Waals surface area contributed by atoms with E-state index in [0.717, 1.165) is 57.8 Å². The summed E-state index contributed by atoms with van der Waals surface area (Å²) in [6.45, 7) is 2.06. The monoisotopic (exact) mass is 565 g/mol. The molecule has 0 bridgehead atoms. The van der Waals surface area contributed by atoms with Crippen molar-refractivity contribution < 1.29 is 14.3 Å². The van der Waals surface area contributed by atoms with Crippen LogP contribution in [0.3, 0.4) is 0 Å². The number of ether oxygens (including phenoxy) is 1. The lowest BCUT2D eigenvalue weighted by molar-refractivity contribution is -0.113. The zero-order valence-electron chi connectivity index (χ0n) is 20.0. The lowest BCUT2D eigenvalue weighted by Gasteiger charge is -2.12. The highest BCUT2D eigenvalue weighted by molar-refractivity contribution is 8.00. The van der Waals surface area contributed by atoms with E-state index in [1.54, 1.807) is 29.6 Å². The Bertz CT molecular complexity index is 1470. The number of thioether (sulfide) groups is 1. The van der Waals surface area contributed by atoms with Crippen LogP contribution < -0.4 is 5.32 Å². The Morgan fingerprint density at radius 3 is 2.84 bits per heavy atom. The van der Waals surface area contributed by atoms with Gasteiger partial charge in [-0.2, -0.15) is 16.6 Å². The molecule has 1 aliphatic rings. The molecule has 0 unspecified atom stereocenters. The second kappa shape index (κ2) is 11.6. The molecule has 1 amide bonds. The molecule has 4 aromatic heterocycles. The number of amides is 1. The zero-order chi connectivity index (χ0) is 25.8. The number of rotatable bonds is 8. The number of nitriles is 1. The van der Waals surface area contributed by atoms with Gasteiger partial charge in [-0.25, -0.2) is 9.78 Å². The Kier molecular flexibility index (Phi) is 8.05. The van der Waals surface area contributed by atoms with E-state index in [0.29, 0.717) is 21.2 Å². The van der Waals surface area contributed by atoms with Gasteiger partial charge in [-0.15, -0.1) is 22.7 Å². The minimum Gasteiger partial charge on any atom is -0.462 e. The molecular formula is C27H23N3O3S4. The van der Waals surface area contributed by atoms with Crippen LogP contribution in [0.2, 0.25) is 0 Å². The topological polar surface area (TPSA) is 92.1 Å². The largest absolute Gasteiger partial charge is 0.462 e. The summed E-state index contributed by atoms with van der Waals surface area (Å²) < 4.78 is 5.30. The third kappa shape index (κ3) is 5.50. The van der Waals surface area contributed by atoms with Gasteiger partial charge in [0.15, 0.2) is 0 Å². The standard InChI is InChI=1S/C27H23N3O3S4/c1-2-33-27(32)24-17-6-3-4-7-21(17)37-26(24)30-23(31)15-36-25-19(13-28)18(16-9-11-34-14-16)12-20(29-25)22-8-5-10-35-22/h5,8-12,14H,2-4,6-7,15H2,1H3,(H,30,31). The van der Waals surface area contributed by atoms with Gasteiger partial charge in [-0.05, 0) is 78.1 Å². The Labute approximate surface area is 231 Å². The number of aromatic nitrogens is 1. The Hall–Kier alpha value is -2.97. The second-order valence-electron chi connectivity index (χ2n) is 8.31. The summed E-state index contributed by atoms with van der Waals surface area (Å²) in [5.74, 6) is -0.579. The summed E-state index contributed by atoms with van der Waals surface area (Å²) in [4.78, 5) is 32.7. The highest BCUT2D eigenvalue weighted by Crippen LogP contribution is 2.39. The summed E-state index contributed by atoms with van der Waals surface area (Å²) in [5.41, 5.74) is 4.49. The van der Waals surface area contributed by atoms with E-state index in [4.69, 9.17) is 9.72 Å². The lowest BCUT2D eigenvalue weighted by Crippen LogP contribution is -2.17. The number of thiophene rings is 3. The Morgan fingerprint density at radius 2 is 2.11 bits per heavy atom. The van der Waals surface area contributed by atoms with Gasteiger partial charge in [-0.3, -0.25) is 4.79 Å². The van der Waals surface area contributed by atoms with Gasteiger partial charge in [0.05, 0.1) is 34.1 Å². The summed E-state index contributed by atoms with van der Waals surface area (Å²) in [6, 6.07) is 10.2. The predicted octanol–water partition coefficient (Wildman–Crippen LogP) is 7.26. The van der Waals surface area contributed by atoms with E-state index in [2.05, 4.69) is 11.4 Å². The lowest BCUT2D eigenvalue weighted by atomic mass is 9.95. The van der Waals surface area contributed by atoms with Crippen LogP contribution in [-0.4, -0.2) is 29.2 Å². The molecule has 0 atom stereocenters. The third-order valence-corrected chi connectivity index (χ3v) is 9.71. The van der Waals surface area contributed by atoms with Gasteiger partial charge in [-0.1, -0.05) is 17.8 Å². The van der Waals surface area contributed by atoms with Gasteiger partial charge in [0.2, 0.25) is 5.91 Å². The smallest absolute Gasteiger partial charge is 0.341 e. The Balaban J connectivity index is 1.41. The number of hydrogen-bond acceptors (Lipinski definition) is 9. The molecule has 37 heavy (non-hydrogen) atoms. The molecule has 0 saturated carbocycles. The molecule has 6 nitrogen and oxygen atoms in total. The van der Waals surface area contributed by atoms with Crippen LogP contribution in [0.15, 0.2) is 45.4 Å². The molecule has 188 valence electrons. The van der Waals surface area contributed by atoms with Gasteiger partial charge >= 0.3 is 5.97 Å². The van der Waals surface area contributed by atoms with Gasteiger partial charge in [0.1, 0.15) is 16.1 Å². The summed E-state index contributed by atoms with van der Waals surface area (Å²) in [7, 11) is 0. The van der Waals surface area contributed by atoms with Crippen molar-refractivity contribution >= 4 is 62.6 Å². The van der Waals surface area contributed by atoms with Crippen LogP contribution in [0.1, 0.15) is 46.1 Å². The first-order chi connectivity index (χ1) is 18.1. The molecule has 1 aliphatic carbocycles. The maximum atomic E-state index is 13.1. The number of carbonyl (C=O) groups is 2. The second-order valence-corrected chi connectivity index (χ2v) is 12.1. The van der Waals surface area contributed by atoms with Crippen molar-refractivity contribution in [1.82, 2.24) is 4.98 Å². The summed E-state index contributed by atoms with van der Waals surface area (Å²) in [6.07, 6.45) is 3.83. The molecule has 4 heterocycles. The highest BCUT2D eigenvalue weighted by Gasteiger charge is 2.27. The number of carbonyl (C=O) groups excluding carboxylic acids is 2. The number of pyridine rings is 1. The summed E-state index contributed by atoms with van der Waals surface area (Å²) in [5, 5.41) is 20.0. The van der Waals surface area contributed by atoms with Crippen LogP contribution in [-0.2, 0) is 22.4 Å². The van der Waals surface area contributed by atoms with Crippen LogP contribution in [0.4, 0.5) is 5.00 Å². The molecule has 0 spiro atoms.